The van der Waals surface area contributed by atoms with Crippen molar-refractivity contribution in [2.24, 2.45) is 0 Å². The number of anilines is 1. The van der Waals surface area contributed by atoms with Gasteiger partial charge in [0, 0.05) is 35.2 Å². The molecule has 1 amide bonds. The number of benzene rings is 2. The van der Waals surface area contributed by atoms with Gasteiger partial charge in [-0.2, -0.15) is 5.10 Å². The van der Waals surface area contributed by atoms with Gasteiger partial charge in [-0.3, -0.25) is 9.89 Å². The zero-order valence-electron chi connectivity index (χ0n) is 14.5. The molecule has 5 nitrogen and oxygen atoms in total. The first kappa shape index (κ1) is 17.7. The van der Waals surface area contributed by atoms with E-state index in [-0.39, 0.29) is 17.8 Å². The van der Waals surface area contributed by atoms with Gasteiger partial charge < -0.3 is 10.2 Å². The lowest BCUT2D eigenvalue weighted by Crippen LogP contribution is -2.37. The van der Waals surface area contributed by atoms with Gasteiger partial charge in [-0.25, -0.2) is 4.39 Å². The average Bonchev–Trinajstić information content (AvgIpc) is 3.32. The summed E-state index contributed by atoms with van der Waals surface area (Å²) in [6.07, 6.45) is 0.862. The van der Waals surface area contributed by atoms with Crippen molar-refractivity contribution in [1.29, 1.82) is 0 Å². The SMILES string of the molecule is O=C(N[C@@H]1CCN(c2cc(-c3ccc(F)cc3)[nH]n2)C1)c1ccc(Br)cc1. The van der Waals surface area contributed by atoms with Gasteiger partial charge in [-0.1, -0.05) is 15.9 Å². The molecule has 1 atom stereocenters. The fourth-order valence-corrected chi connectivity index (χ4v) is 3.47. The predicted octanol–water partition coefficient (Wildman–Crippen LogP) is 3.99. The van der Waals surface area contributed by atoms with Crippen molar-refractivity contribution in [1.82, 2.24) is 15.5 Å². The van der Waals surface area contributed by atoms with E-state index in [0.717, 1.165) is 34.5 Å². The summed E-state index contributed by atoms with van der Waals surface area (Å²) < 4.78 is 14.0. The molecule has 4 rings (SSSR count). The highest BCUT2D eigenvalue weighted by molar-refractivity contribution is 9.10. The third kappa shape index (κ3) is 4.03. The maximum absolute atomic E-state index is 13.1. The van der Waals surface area contributed by atoms with Crippen LogP contribution in [-0.2, 0) is 0 Å². The van der Waals surface area contributed by atoms with Crippen LogP contribution in [0.3, 0.4) is 0 Å². The van der Waals surface area contributed by atoms with Gasteiger partial charge in [-0.05, 0) is 60.5 Å². The number of carbonyl (C=O) groups is 1. The normalized spacial score (nSPS) is 16.5. The Hall–Kier alpha value is -2.67. The number of hydrogen-bond acceptors (Lipinski definition) is 3. The maximum atomic E-state index is 13.1. The van der Waals surface area contributed by atoms with Crippen LogP contribution in [0.15, 0.2) is 59.1 Å². The molecule has 0 aliphatic carbocycles. The minimum atomic E-state index is -0.262. The average molecular weight is 429 g/mol. The van der Waals surface area contributed by atoms with E-state index >= 15 is 0 Å². The third-order valence-electron chi connectivity index (χ3n) is 4.67. The van der Waals surface area contributed by atoms with Crippen molar-refractivity contribution in [2.75, 3.05) is 18.0 Å². The van der Waals surface area contributed by atoms with Crippen LogP contribution in [0, 0.1) is 5.82 Å². The van der Waals surface area contributed by atoms with Crippen LogP contribution >= 0.6 is 15.9 Å². The number of H-pyrrole nitrogens is 1. The molecule has 2 heterocycles. The monoisotopic (exact) mass is 428 g/mol. The molecule has 0 bridgehead atoms. The Morgan fingerprint density at radius 3 is 2.67 bits per heavy atom. The molecule has 0 radical (unpaired) electrons. The Morgan fingerprint density at radius 1 is 1.19 bits per heavy atom. The zero-order valence-corrected chi connectivity index (χ0v) is 16.0. The van der Waals surface area contributed by atoms with Gasteiger partial charge in [0.25, 0.3) is 5.91 Å². The van der Waals surface area contributed by atoms with E-state index in [0.29, 0.717) is 12.1 Å². The molecule has 138 valence electrons. The van der Waals surface area contributed by atoms with E-state index in [1.165, 1.54) is 12.1 Å². The maximum Gasteiger partial charge on any atom is 0.251 e. The molecule has 1 aliphatic heterocycles. The molecule has 0 spiro atoms. The molecule has 2 aromatic carbocycles. The van der Waals surface area contributed by atoms with Crippen molar-refractivity contribution in [2.45, 2.75) is 12.5 Å². The van der Waals surface area contributed by atoms with Crippen molar-refractivity contribution in [3.8, 4) is 11.3 Å². The summed E-state index contributed by atoms with van der Waals surface area (Å²) >= 11 is 3.37. The molecular weight excluding hydrogens is 411 g/mol. The molecule has 0 saturated carbocycles. The zero-order chi connectivity index (χ0) is 18.8. The van der Waals surface area contributed by atoms with Crippen molar-refractivity contribution >= 4 is 27.7 Å². The number of aromatic nitrogens is 2. The second-order valence-electron chi connectivity index (χ2n) is 6.56. The van der Waals surface area contributed by atoms with Gasteiger partial charge in [0.2, 0.25) is 0 Å². The highest BCUT2D eigenvalue weighted by Crippen LogP contribution is 2.24. The van der Waals surface area contributed by atoms with Gasteiger partial charge in [0.05, 0.1) is 5.69 Å². The van der Waals surface area contributed by atoms with Crippen LogP contribution in [0.1, 0.15) is 16.8 Å². The molecule has 2 N–H and O–H groups in total. The largest absolute Gasteiger partial charge is 0.353 e. The number of carbonyl (C=O) groups excluding carboxylic acids is 1. The highest BCUT2D eigenvalue weighted by atomic mass is 79.9. The Labute approximate surface area is 164 Å². The lowest BCUT2D eigenvalue weighted by molar-refractivity contribution is 0.0940. The number of nitrogens with one attached hydrogen (secondary N) is 2. The van der Waals surface area contributed by atoms with E-state index in [9.17, 15) is 9.18 Å². The van der Waals surface area contributed by atoms with Gasteiger partial charge in [0.15, 0.2) is 5.82 Å². The van der Waals surface area contributed by atoms with Crippen LogP contribution in [0.4, 0.5) is 10.2 Å². The number of rotatable bonds is 4. The predicted molar refractivity (Wildman–Crippen MR) is 106 cm³/mol. The fourth-order valence-electron chi connectivity index (χ4n) is 3.21. The van der Waals surface area contributed by atoms with E-state index in [1.54, 1.807) is 24.3 Å². The number of halogens is 2. The molecule has 1 aromatic heterocycles. The molecular formula is C20H18BrFN4O. The van der Waals surface area contributed by atoms with Crippen molar-refractivity contribution < 1.29 is 9.18 Å². The van der Waals surface area contributed by atoms with Crippen LogP contribution < -0.4 is 10.2 Å². The van der Waals surface area contributed by atoms with Gasteiger partial charge in [-0.15, -0.1) is 0 Å². The Morgan fingerprint density at radius 2 is 1.93 bits per heavy atom. The summed E-state index contributed by atoms with van der Waals surface area (Å²) in [7, 11) is 0. The van der Waals surface area contributed by atoms with E-state index in [1.807, 2.05) is 18.2 Å². The smallest absolute Gasteiger partial charge is 0.251 e. The van der Waals surface area contributed by atoms with Crippen molar-refractivity contribution in [3.63, 3.8) is 0 Å². The molecule has 0 unspecified atom stereocenters. The molecule has 1 fully saturated rings. The fraction of sp³-hybridized carbons (Fsp3) is 0.200. The molecule has 27 heavy (non-hydrogen) atoms. The molecule has 3 aromatic rings. The summed E-state index contributed by atoms with van der Waals surface area (Å²) in [4.78, 5) is 14.5. The first-order chi connectivity index (χ1) is 13.1. The Kier molecular flexibility index (Phi) is 4.94. The summed E-state index contributed by atoms with van der Waals surface area (Å²) in [6.45, 7) is 1.52. The number of amides is 1. The van der Waals surface area contributed by atoms with Crippen LogP contribution in [0.5, 0.6) is 0 Å². The summed E-state index contributed by atoms with van der Waals surface area (Å²) in [5.41, 5.74) is 2.37. The highest BCUT2D eigenvalue weighted by Gasteiger charge is 2.26. The lowest BCUT2D eigenvalue weighted by Gasteiger charge is -2.16. The van der Waals surface area contributed by atoms with Crippen LogP contribution in [0.2, 0.25) is 0 Å². The topological polar surface area (TPSA) is 61.0 Å². The number of nitrogens with zero attached hydrogens (tertiary/aromatic N) is 2. The van der Waals surface area contributed by atoms with E-state index < -0.39 is 0 Å². The quantitative estimate of drug-likeness (QED) is 0.660. The minimum Gasteiger partial charge on any atom is -0.353 e. The second kappa shape index (κ2) is 7.52. The second-order valence-corrected chi connectivity index (χ2v) is 7.47. The lowest BCUT2D eigenvalue weighted by atomic mass is 10.1. The van der Waals surface area contributed by atoms with E-state index in [2.05, 4.69) is 36.3 Å². The van der Waals surface area contributed by atoms with E-state index in [4.69, 9.17) is 0 Å². The first-order valence-corrected chi connectivity index (χ1v) is 9.50. The number of hydrogen-bond donors (Lipinski definition) is 2. The Balaban J connectivity index is 1.39. The standard InChI is InChI=1S/C20H18BrFN4O/c21-15-5-1-14(2-6-15)20(27)23-17-9-10-26(12-17)19-11-18(24-25-19)13-3-7-16(22)8-4-13/h1-8,11,17H,9-10,12H2,(H,23,27)(H,24,25)/t17-/m1/s1. The molecule has 1 aliphatic rings. The molecule has 1 saturated heterocycles. The first-order valence-electron chi connectivity index (χ1n) is 8.71. The van der Waals surface area contributed by atoms with Crippen molar-refractivity contribution in [3.05, 3.63) is 70.5 Å². The van der Waals surface area contributed by atoms with Crippen LogP contribution in [-0.4, -0.2) is 35.2 Å². The van der Waals surface area contributed by atoms with Gasteiger partial charge in [0.1, 0.15) is 5.82 Å². The van der Waals surface area contributed by atoms with Crippen LogP contribution in [0.25, 0.3) is 11.3 Å². The molecule has 7 heteroatoms. The summed E-state index contributed by atoms with van der Waals surface area (Å²) in [5, 5.41) is 10.5. The van der Waals surface area contributed by atoms with Gasteiger partial charge >= 0.3 is 0 Å². The summed E-state index contributed by atoms with van der Waals surface area (Å²) in [6, 6.07) is 15.6. The Bertz CT molecular complexity index is 939. The minimum absolute atomic E-state index is 0.0663. The number of aromatic amines is 1. The third-order valence-corrected chi connectivity index (χ3v) is 5.20. The summed E-state index contributed by atoms with van der Waals surface area (Å²) in [5.74, 6) is 0.500.